The number of H-pyrrole nitrogens is 1. The summed E-state index contributed by atoms with van der Waals surface area (Å²) in [5, 5.41) is 14.9. The third-order valence-corrected chi connectivity index (χ3v) is 6.19. The van der Waals surface area contributed by atoms with Gasteiger partial charge in [0.2, 0.25) is 0 Å². The van der Waals surface area contributed by atoms with E-state index >= 15 is 0 Å². The molecule has 0 saturated heterocycles. The molecule has 0 spiro atoms. The van der Waals surface area contributed by atoms with Gasteiger partial charge in [-0.15, -0.1) is 4.36 Å². The molecule has 0 fully saturated rings. The number of aromatic amines is 1. The smallest absolute Gasteiger partial charge is 0.305 e. The first-order chi connectivity index (χ1) is 12.0. The third-order valence-electron chi connectivity index (χ3n) is 4.89. The summed E-state index contributed by atoms with van der Waals surface area (Å²) < 4.78 is 16.1. The number of nitrogens with zero attached hydrogens (tertiary/aromatic N) is 3. The van der Waals surface area contributed by atoms with Crippen LogP contribution in [0.25, 0.3) is 0 Å². The number of aryl methyl sites for hydroxylation is 1. The molecule has 2 amide bonds. The maximum Gasteiger partial charge on any atom is 0.354 e. The molecular formula is C16H20N6O2S. The fourth-order valence-corrected chi connectivity index (χ4v) is 4.49. The molecule has 132 valence electrons. The Bertz CT molecular complexity index is 959. The zero-order chi connectivity index (χ0) is 17.6. The van der Waals surface area contributed by atoms with Gasteiger partial charge >= 0.3 is 6.03 Å². The van der Waals surface area contributed by atoms with Gasteiger partial charge < -0.3 is 5.32 Å². The van der Waals surface area contributed by atoms with E-state index in [4.69, 9.17) is 10.1 Å². The predicted octanol–water partition coefficient (Wildman–Crippen LogP) is 2.28. The zero-order valence-electron chi connectivity index (χ0n) is 13.9. The van der Waals surface area contributed by atoms with Crippen molar-refractivity contribution in [3.05, 3.63) is 34.8 Å². The van der Waals surface area contributed by atoms with Crippen molar-refractivity contribution < 1.29 is 9.00 Å². The molecule has 2 aromatic rings. The number of nitrogens with one attached hydrogen (secondary N) is 2. The van der Waals surface area contributed by atoms with E-state index in [0.29, 0.717) is 5.92 Å². The molecule has 0 radical (unpaired) electrons. The van der Waals surface area contributed by atoms with E-state index in [9.17, 15) is 9.00 Å². The molecule has 9 heteroatoms. The Hall–Kier alpha value is -2.26. The minimum atomic E-state index is -3.35. The van der Waals surface area contributed by atoms with E-state index in [1.54, 1.807) is 0 Å². The molecule has 0 bridgehead atoms. The molecule has 2 aliphatic rings. The standard InChI is InChI=1S/C16H20N6O2S/c1-9-5-6-11-14(9)19-12-4-2-3-10(12)15(11)20-16(23)22-25(17,24)13-7-8-18-21-13/h7-9H,2-6H2,1H3,(H,18,21)(H3,17,19,20,22,23,24)/t9-,25?/m1/s1. The minimum absolute atomic E-state index is 0.126. The van der Waals surface area contributed by atoms with Gasteiger partial charge in [0.1, 0.15) is 5.03 Å². The number of hydrogen-bond donors (Lipinski definition) is 3. The first kappa shape index (κ1) is 16.2. The number of amides is 2. The van der Waals surface area contributed by atoms with Crippen LogP contribution in [0.15, 0.2) is 21.7 Å². The highest BCUT2D eigenvalue weighted by Gasteiger charge is 2.30. The van der Waals surface area contributed by atoms with Gasteiger partial charge in [0.15, 0.2) is 9.92 Å². The lowest BCUT2D eigenvalue weighted by Gasteiger charge is -2.15. The Morgan fingerprint density at radius 2 is 2.24 bits per heavy atom. The van der Waals surface area contributed by atoms with Crippen LogP contribution in [-0.2, 0) is 29.2 Å². The van der Waals surface area contributed by atoms with E-state index in [1.807, 2.05) is 0 Å². The number of carbonyl (C=O) groups excluding carboxylic acids is 1. The summed E-state index contributed by atoms with van der Waals surface area (Å²) in [7, 11) is -3.35. The summed E-state index contributed by atoms with van der Waals surface area (Å²) in [6, 6.07) is 0.743. The highest BCUT2D eigenvalue weighted by atomic mass is 32.2. The van der Waals surface area contributed by atoms with Crippen LogP contribution in [0.2, 0.25) is 0 Å². The van der Waals surface area contributed by atoms with E-state index < -0.39 is 15.9 Å². The van der Waals surface area contributed by atoms with Crippen molar-refractivity contribution in [2.45, 2.75) is 50.0 Å². The fourth-order valence-electron chi connectivity index (χ4n) is 3.66. The van der Waals surface area contributed by atoms with E-state index in [1.165, 1.54) is 12.3 Å². The quantitative estimate of drug-likeness (QED) is 0.759. The van der Waals surface area contributed by atoms with Crippen molar-refractivity contribution in [3.8, 4) is 0 Å². The van der Waals surface area contributed by atoms with E-state index in [-0.39, 0.29) is 5.03 Å². The first-order valence-electron chi connectivity index (χ1n) is 8.35. The molecule has 25 heavy (non-hydrogen) atoms. The Morgan fingerprint density at radius 3 is 3.00 bits per heavy atom. The molecule has 2 aliphatic carbocycles. The molecule has 0 aromatic carbocycles. The lowest BCUT2D eigenvalue weighted by molar-refractivity contribution is 0.260. The summed E-state index contributed by atoms with van der Waals surface area (Å²) in [5.41, 5.74) is 5.10. The number of urea groups is 1. The number of pyridine rings is 1. The number of rotatable bonds is 2. The molecule has 2 atom stereocenters. The van der Waals surface area contributed by atoms with Gasteiger partial charge in [0.05, 0.1) is 11.9 Å². The second-order valence-corrected chi connectivity index (χ2v) is 8.34. The van der Waals surface area contributed by atoms with E-state index in [0.717, 1.165) is 60.3 Å². The van der Waals surface area contributed by atoms with Gasteiger partial charge in [-0.1, -0.05) is 6.92 Å². The highest BCUT2D eigenvalue weighted by molar-refractivity contribution is 7.91. The summed E-state index contributed by atoms with van der Waals surface area (Å²) in [4.78, 5) is 17.2. The van der Waals surface area contributed by atoms with Gasteiger partial charge in [-0.2, -0.15) is 5.10 Å². The molecule has 0 saturated carbocycles. The summed E-state index contributed by atoms with van der Waals surface area (Å²) in [5.74, 6) is 0.386. The zero-order valence-corrected chi connectivity index (χ0v) is 14.7. The summed E-state index contributed by atoms with van der Waals surface area (Å²) in [6.07, 6.45) is 6.16. The van der Waals surface area contributed by atoms with Crippen molar-refractivity contribution in [2.24, 2.45) is 9.50 Å². The maximum absolute atomic E-state index is 12.4. The Balaban J connectivity index is 1.71. The topological polar surface area (TPSA) is 126 Å². The normalized spacial score (nSPS) is 20.6. The SMILES string of the molecule is C[C@@H]1CCc2c1nc1c(c2NC(=O)N=S(N)(=O)c2ccn[nH]2)CCC1. The highest BCUT2D eigenvalue weighted by Crippen LogP contribution is 2.41. The second-order valence-electron chi connectivity index (χ2n) is 6.58. The minimum Gasteiger partial charge on any atom is -0.305 e. The van der Waals surface area contributed by atoms with Crippen LogP contribution in [0.3, 0.4) is 0 Å². The molecule has 2 aromatic heterocycles. The summed E-state index contributed by atoms with van der Waals surface area (Å²) in [6.45, 7) is 2.15. The average molecular weight is 360 g/mol. The number of nitrogens with two attached hydrogens (primary N) is 1. The van der Waals surface area contributed by atoms with Crippen molar-refractivity contribution in [1.82, 2.24) is 15.2 Å². The molecule has 4 N–H and O–H groups in total. The first-order valence-corrected chi connectivity index (χ1v) is 9.93. The van der Waals surface area contributed by atoms with Crippen molar-refractivity contribution in [3.63, 3.8) is 0 Å². The monoisotopic (exact) mass is 360 g/mol. The molecule has 0 aliphatic heterocycles. The lowest BCUT2D eigenvalue weighted by atomic mass is 10.0. The number of hydrogen-bond acceptors (Lipinski definition) is 4. The van der Waals surface area contributed by atoms with Crippen LogP contribution >= 0.6 is 0 Å². The van der Waals surface area contributed by atoms with Gasteiger partial charge in [0.25, 0.3) is 0 Å². The van der Waals surface area contributed by atoms with E-state index in [2.05, 4.69) is 26.8 Å². The molecule has 2 heterocycles. The Morgan fingerprint density at radius 1 is 1.40 bits per heavy atom. The molecule has 8 nitrogen and oxygen atoms in total. The van der Waals surface area contributed by atoms with Gasteiger partial charge in [-0.25, -0.2) is 14.1 Å². The Labute approximate surface area is 145 Å². The van der Waals surface area contributed by atoms with Crippen LogP contribution in [0.1, 0.15) is 48.2 Å². The van der Waals surface area contributed by atoms with Gasteiger partial charge in [0, 0.05) is 11.4 Å². The average Bonchev–Trinajstić information content (AvgIpc) is 3.28. The second kappa shape index (κ2) is 5.92. The van der Waals surface area contributed by atoms with Crippen LogP contribution < -0.4 is 10.5 Å². The maximum atomic E-state index is 12.4. The number of anilines is 1. The number of fused-ring (bicyclic) bond motifs is 2. The fraction of sp³-hybridized carbons (Fsp3) is 0.438. The largest absolute Gasteiger partial charge is 0.354 e. The number of carbonyl (C=O) groups is 1. The molecule has 1 unspecified atom stereocenters. The number of aromatic nitrogens is 3. The van der Waals surface area contributed by atoms with Crippen molar-refractivity contribution >= 4 is 21.6 Å². The van der Waals surface area contributed by atoms with Crippen LogP contribution in [0.5, 0.6) is 0 Å². The van der Waals surface area contributed by atoms with Crippen molar-refractivity contribution in [2.75, 3.05) is 5.32 Å². The third kappa shape index (κ3) is 2.83. The Kier molecular flexibility index (Phi) is 3.84. The molecular weight excluding hydrogens is 340 g/mol. The predicted molar refractivity (Wildman–Crippen MR) is 93.6 cm³/mol. The summed E-state index contributed by atoms with van der Waals surface area (Å²) >= 11 is 0. The van der Waals surface area contributed by atoms with Crippen LogP contribution in [0, 0.1) is 0 Å². The van der Waals surface area contributed by atoms with Crippen LogP contribution in [0.4, 0.5) is 10.5 Å². The van der Waals surface area contributed by atoms with Crippen LogP contribution in [-0.4, -0.2) is 25.4 Å². The lowest BCUT2D eigenvalue weighted by Crippen LogP contribution is -2.19. The van der Waals surface area contributed by atoms with Crippen molar-refractivity contribution in [1.29, 1.82) is 0 Å². The molecule has 4 rings (SSSR count). The van der Waals surface area contributed by atoms with Gasteiger partial charge in [-0.3, -0.25) is 10.1 Å². The van der Waals surface area contributed by atoms with Gasteiger partial charge in [-0.05, 0) is 55.2 Å².